The van der Waals surface area contributed by atoms with Crippen LogP contribution < -0.4 is 5.73 Å². The van der Waals surface area contributed by atoms with Crippen LogP contribution in [0.4, 0.5) is 0 Å². The third-order valence-corrected chi connectivity index (χ3v) is 2.80. The summed E-state index contributed by atoms with van der Waals surface area (Å²) in [5.74, 6) is 0.165. The first kappa shape index (κ1) is 13.0. The van der Waals surface area contributed by atoms with Gasteiger partial charge in [-0.2, -0.15) is 0 Å². The summed E-state index contributed by atoms with van der Waals surface area (Å²) in [5.41, 5.74) is 5.54. The fourth-order valence-electron chi connectivity index (χ4n) is 1.84. The Morgan fingerprint density at radius 1 is 1.19 bits per heavy atom. The second-order valence-corrected chi connectivity index (χ2v) is 4.24. The van der Waals surface area contributed by atoms with Crippen molar-refractivity contribution >= 4 is 11.8 Å². The van der Waals surface area contributed by atoms with Crippen LogP contribution >= 0.6 is 0 Å². The standard InChI is InChI=1S/C11H21N3O2/c1-3-4-10(15)13-5-7-14(8-6-13)11(16)9(2)12/h9H,3-8,12H2,1-2H3/t9-/m0/s1. The second kappa shape index (κ2) is 5.84. The van der Waals surface area contributed by atoms with E-state index in [4.69, 9.17) is 5.73 Å². The zero-order valence-corrected chi connectivity index (χ0v) is 10.1. The van der Waals surface area contributed by atoms with E-state index < -0.39 is 6.04 Å². The van der Waals surface area contributed by atoms with Crippen LogP contribution in [-0.4, -0.2) is 53.8 Å². The van der Waals surface area contributed by atoms with Crippen molar-refractivity contribution in [3.63, 3.8) is 0 Å². The number of nitrogens with two attached hydrogens (primary N) is 1. The molecule has 5 heteroatoms. The molecule has 0 saturated carbocycles. The van der Waals surface area contributed by atoms with Crippen LogP contribution in [-0.2, 0) is 9.59 Å². The predicted octanol–water partition coefficient (Wildman–Crippen LogP) is -0.195. The summed E-state index contributed by atoms with van der Waals surface area (Å²) >= 11 is 0. The van der Waals surface area contributed by atoms with Crippen molar-refractivity contribution in [1.29, 1.82) is 0 Å². The lowest BCUT2D eigenvalue weighted by Gasteiger charge is -2.35. The molecule has 0 spiro atoms. The molecule has 1 rings (SSSR count). The predicted molar refractivity (Wildman–Crippen MR) is 61.7 cm³/mol. The number of hydrogen-bond donors (Lipinski definition) is 1. The van der Waals surface area contributed by atoms with E-state index in [0.29, 0.717) is 32.6 Å². The average Bonchev–Trinajstić information content (AvgIpc) is 2.28. The molecule has 0 bridgehead atoms. The van der Waals surface area contributed by atoms with E-state index in [0.717, 1.165) is 6.42 Å². The number of amides is 2. The summed E-state index contributed by atoms with van der Waals surface area (Å²) < 4.78 is 0. The Hall–Kier alpha value is -1.10. The smallest absolute Gasteiger partial charge is 0.239 e. The molecule has 1 heterocycles. The zero-order valence-electron chi connectivity index (χ0n) is 10.1. The van der Waals surface area contributed by atoms with Crippen LogP contribution in [0.5, 0.6) is 0 Å². The number of carbonyl (C=O) groups is 2. The minimum absolute atomic E-state index is 0.0254. The van der Waals surface area contributed by atoms with E-state index in [1.807, 2.05) is 11.8 Å². The van der Waals surface area contributed by atoms with Crippen molar-refractivity contribution in [3.8, 4) is 0 Å². The molecular formula is C11H21N3O2. The van der Waals surface area contributed by atoms with Crippen molar-refractivity contribution in [2.24, 2.45) is 5.73 Å². The third-order valence-electron chi connectivity index (χ3n) is 2.80. The van der Waals surface area contributed by atoms with Crippen LogP contribution in [0.2, 0.25) is 0 Å². The van der Waals surface area contributed by atoms with Gasteiger partial charge in [0.15, 0.2) is 0 Å². The molecule has 1 aliphatic rings. The van der Waals surface area contributed by atoms with E-state index in [1.165, 1.54) is 0 Å². The van der Waals surface area contributed by atoms with Crippen LogP contribution in [0.1, 0.15) is 26.7 Å². The Labute approximate surface area is 96.6 Å². The molecule has 5 nitrogen and oxygen atoms in total. The van der Waals surface area contributed by atoms with Gasteiger partial charge in [0.25, 0.3) is 0 Å². The van der Waals surface area contributed by atoms with Crippen molar-refractivity contribution in [1.82, 2.24) is 9.80 Å². The highest BCUT2D eigenvalue weighted by Gasteiger charge is 2.24. The SMILES string of the molecule is CCCC(=O)N1CCN(C(=O)[C@H](C)N)CC1. The van der Waals surface area contributed by atoms with Gasteiger partial charge < -0.3 is 15.5 Å². The van der Waals surface area contributed by atoms with Crippen LogP contribution in [0.3, 0.4) is 0 Å². The van der Waals surface area contributed by atoms with Gasteiger partial charge in [0.05, 0.1) is 6.04 Å². The van der Waals surface area contributed by atoms with Gasteiger partial charge >= 0.3 is 0 Å². The van der Waals surface area contributed by atoms with Gasteiger partial charge in [0.1, 0.15) is 0 Å². The average molecular weight is 227 g/mol. The van der Waals surface area contributed by atoms with E-state index >= 15 is 0 Å². The molecule has 0 aromatic heterocycles. The summed E-state index contributed by atoms with van der Waals surface area (Å²) in [7, 11) is 0. The maximum Gasteiger partial charge on any atom is 0.239 e. The van der Waals surface area contributed by atoms with Crippen LogP contribution in [0.25, 0.3) is 0 Å². The summed E-state index contributed by atoms with van der Waals surface area (Å²) in [4.78, 5) is 26.8. The first-order valence-corrected chi connectivity index (χ1v) is 5.88. The van der Waals surface area contributed by atoms with E-state index in [1.54, 1.807) is 11.8 Å². The molecular weight excluding hydrogens is 206 g/mol. The molecule has 0 aromatic carbocycles. The Morgan fingerprint density at radius 2 is 1.69 bits per heavy atom. The van der Waals surface area contributed by atoms with E-state index in [-0.39, 0.29) is 11.8 Å². The summed E-state index contributed by atoms with van der Waals surface area (Å²) in [6.07, 6.45) is 1.47. The maximum absolute atomic E-state index is 11.6. The number of carbonyl (C=O) groups excluding carboxylic acids is 2. The number of piperazine rings is 1. The Bertz CT molecular complexity index is 258. The second-order valence-electron chi connectivity index (χ2n) is 4.24. The molecule has 0 radical (unpaired) electrons. The first-order chi connectivity index (χ1) is 7.56. The minimum atomic E-state index is -0.446. The molecule has 2 N–H and O–H groups in total. The van der Waals surface area contributed by atoms with Crippen LogP contribution in [0, 0.1) is 0 Å². The lowest BCUT2D eigenvalue weighted by atomic mass is 10.2. The summed E-state index contributed by atoms with van der Waals surface area (Å²) in [6, 6.07) is -0.446. The highest BCUT2D eigenvalue weighted by molar-refractivity contribution is 5.82. The largest absolute Gasteiger partial charge is 0.339 e. The van der Waals surface area contributed by atoms with Gasteiger partial charge in [-0.15, -0.1) is 0 Å². The monoisotopic (exact) mass is 227 g/mol. The zero-order chi connectivity index (χ0) is 12.1. The Morgan fingerprint density at radius 3 is 2.12 bits per heavy atom. The number of nitrogens with zero attached hydrogens (tertiary/aromatic N) is 2. The molecule has 1 aliphatic heterocycles. The van der Waals surface area contributed by atoms with Crippen molar-refractivity contribution in [2.45, 2.75) is 32.7 Å². The highest BCUT2D eigenvalue weighted by Crippen LogP contribution is 2.06. The highest BCUT2D eigenvalue weighted by atomic mass is 16.2. The molecule has 0 unspecified atom stereocenters. The minimum Gasteiger partial charge on any atom is -0.339 e. The number of hydrogen-bond acceptors (Lipinski definition) is 3. The fourth-order valence-corrected chi connectivity index (χ4v) is 1.84. The van der Waals surface area contributed by atoms with Gasteiger partial charge in [-0.05, 0) is 13.3 Å². The Balaban J connectivity index is 2.39. The molecule has 1 atom stereocenters. The van der Waals surface area contributed by atoms with Crippen molar-refractivity contribution < 1.29 is 9.59 Å². The molecule has 0 aliphatic carbocycles. The van der Waals surface area contributed by atoms with E-state index in [2.05, 4.69) is 0 Å². The van der Waals surface area contributed by atoms with Crippen LogP contribution in [0.15, 0.2) is 0 Å². The summed E-state index contributed by atoms with van der Waals surface area (Å²) in [5, 5.41) is 0. The van der Waals surface area contributed by atoms with Crippen molar-refractivity contribution in [2.75, 3.05) is 26.2 Å². The lowest BCUT2D eigenvalue weighted by Crippen LogP contribution is -2.53. The molecule has 0 aromatic rings. The summed E-state index contributed by atoms with van der Waals surface area (Å²) in [6.45, 7) is 6.17. The molecule has 92 valence electrons. The third kappa shape index (κ3) is 3.20. The Kier molecular flexibility index (Phi) is 4.73. The van der Waals surface area contributed by atoms with Gasteiger partial charge in [-0.3, -0.25) is 9.59 Å². The molecule has 2 amide bonds. The lowest BCUT2D eigenvalue weighted by molar-refractivity contribution is -0.140. The van der Waals surface area contributed by atoms with E-state index in [9.17, 15) is 9.59 Å². The fraction of sp³-hybridized carbons (Fsp3) is 0.818. The van der Waals surface area contributed by atoms with Gasteiger partial charge in [-0.25, -0.2) is 0 Å². The quantitative estimate of drug-likeness (QED) is 0.726. The number of rotatable bonds is 3. The normalized spacial score (nSPS) is 18.4. The maximum atomic E-state index is 11.6. The molecule has 1 fully saturated rings. The van der Waals surface area contributed by atoms with Crippen molar-refractivity contribution in [3.05, 3.63) is 0 Å². The molecule has 1 saturated heterocycles. The van der Waals surface area contributed by atoms with Gasteiger partial charge in [0, 0.05) is 32.6 Å². The first-order valence-electron chi connectivity index (χ1n) is 5.88. The van der Waals surface area contributed by atoms with Gasteiger partial charge in [0.2, 0.25) is 11.8 Å². The topological polar surface area (TPSA) is 66.6 Å². The molecule has 16 heavy (non-hydrogen) atoms. The van der Waals surface area contributed by atoms with Gasteiger partial charge in [-0.1, -0.05) is 6.92 Å².